The molecule has 0 aliphatic rings. The summed E-state index contributed by atoms with van der Waals surface area (Å²) in [5.74, 6) is 0.972. The largest absolute Gasteiger partial charge is 0.492 e. The molecule has 0 amide bonds. The summed E-state index contributed by atoms with van der Waals surface area (Å²) in [6.45, 7) is 8.05. The molecule has 1 aromatic carbocycles. The van der Waals surface area contributed by atoms with Crippen LogP contribution >= 0.6 is 0 Å². The Morgan fingerprint density at radius 3 is 2.80 bits per heavy atom. The highest BCUT2D eigenvalue weighted by molar-refractivity contribution is 5.28. The van der Waals surface area contributed by atoms with Crippen molar-refractivity contribution in [3.05, 3.63) is 29.8 Å². The maximum absolute atomic E-state index is 5.64. The van der Waals surface area contributed by atoms with Gasteiger partial charge in [-0.05, 0) is 24.1 Å². The highest BCUT2D eigenvalue weighted by Crippen LogP contribution is 2.13. The molecule has 0 aliphatic carbocycles. The molecule has 0 aromatic heterocycles. The second kappa shape index (κ2) is 6.46. The van der Waals surface area contributed by atoms with Gasteiger partial charge in [-0.3, -0.25) is 0 Å². The van der Waals surface area contributed by atoms with Crippen LogP contribution in [0.4, 0.5) is 0 Å². The highest BCUT2D eigenvalue weighted by Gasteiger charge is 1.96. The molecule has 0 fully saturated rings. The van der Waals surface area contributed by atoms with Crippen LogP contribution in [0.2, 0.25) is 0 Å². The number of hydrogen-bond donors (Lipinski definition) is 1. The van der Waals surface area contributed by atoms with Gasteiger partial charge in [0.15, 0.2) is 0 Å². The zero-order chi connectivity index (χ0) is 11.1. The first-order valence-corrected chi connectivity index (χ1v) is 5.67. The van der Waals surface area contributed by atoms with E-state index in [0.29, 0.717) is 6.04 Å². The van der Waals surface area contributed by atoms with Gasteiger partial charge in [-0.15, -0.1) is 0 Å². The number of ether oxygens (including phenoxy) is 1. The second-order valence-corrected chi connectivity index (χ2v) is 3.96. The Hall–Kier alpha value is -1.02. The van der Waals surface area contributed by atoms with E-state index in [0.717, 1.165) is 25.3 Å². The van der Waals surface area contributed by atoms with E-state index >= 15 is 0 Å². The van der Waals surface area contributed by atoms with Crippen LogP contribution in [-0.4, -0.2) is 19.2 Å². The molecule has 0 saturated heterocycles. The quantitative estimate of drug-likeness (QED) is 0.724. The average molecular weight is 207 g/mol. The predicted molar refractivity (Wildman–Crippen MR) is 64.5 cm³/mol. The average Bonchev–Trinajstić information content (AvgIpc) is 2.24. The van der Waals surface area contributed by atoms with Gasteiger partial charge in [0.2, 0.25) is 0 Å². The maximum Gasteiger partial charge on any atom is 0.119 e. The van der Waals surface area contributed by atoms with Gasteiger partial charge in [0, 0.05) is 12.6 Å². The first kappa shape index (κ1) is 12.1. The van der Waals surface area contributed by atoms with Crippen LogP contribution in [-0.2, 0) is 6.42 Å². The monoisotopic (exact) mass is 207 g/mol. The van der Waals surface area contributed by atoms with Crippen LogP contribution in [0.15, 0.2) is 24.3 Å². The minimum atomic E-state index is 0.524. The maximum atomic E-state index is 5.64. The second-order valence-electron chi connectivity index (χ2n) is 3.96. The normalized spacial score (nSPS) is 10.7. The summed E-state index contributed by atoms with van der Waals surface area (Å²) in [5, 5.41) is 3.32. The number of benzene rings is 1. The third-order valence-corrected chi connectivity index (χ3v) is 2.23. The number of nitrogens with one attached hydrogen (secondary N) is 1. The number of hydrogen-bond acceptors (Lipinski definition) is 2. The molecule has 2 heteroatoms. The summed E-state index contributed by atoms with van der Waals surface area (Å²) in [6, 6.07) is 8.81. The van der Waals surface area contributed by atoms with Gasteiger partial charge in [0.25, 0.3) is 0 Å². The summed E-state index contributed by atoms with van der Waals surface area (Å²) >= 11 is 0. The van der Waals surface area contributed by atoms with E-state index in [1.54, 1.807) is 0 Å². The van der Waals surface area contributed by atoms with Crippen molar-refractivity contribution < 1.29 is 4.74 Å². The van der Waals surface area contributed by atoms with Gasteiger partial charge in [0.1, 0.15) is 12.4 Å². The van der Waals surface area contributed by atoms with Gasteiger partial charge in [-0.2, -0.15) is 0 Å². The molecule has 0 bridgehead atoms. The van der Waals surface area contributed by atoms with E-state index in [1.165, 1.54) is 5.56 Å². The molecule has 1 rings (SSSR count). The van der Waals surface area contributed by atoms with Crippen molar-refractivity contribution in [1.82, 2.24) is 5.32 Å². The van der Waals surface area contributed by atoms with E-state index in [-0.39, 0.29) is 0 Å². The SMILES string of the molecule is CCc1cccc(OCCNC(C)C)c1. The molecule has 1 aromatic rings. The van der Waals surface area contributed by atoms with Crippen LogP contribution in [0, 0.1) is 0 Å². The van der Waals surface area contributed by atoms with Crippen molar-refractivity contribution in [3.63, 3.8) is 0 Å². The van der Waals surface area contributed by atoms with Crippen molar-refractivity contribution in [3.8, 4) is 5.75 Å². The Morgan fingerprint density at radius 2 is 2.13 bits per heavy atom. The Bertz CT molecular complexity index is 284. The molecule has 2 nitrogen and oxygen atoms in total. The summed E-state index contributed by atoms with van der Waals surface area (Å²) in [6.07, 6.45) is 1.06. The van der Waals surface area contributed by atoms with Crippen LogP contribution in [0.1, 0.15) is 26.3 Å². The fourth-order valence-corrected chi connectivity index (χ4v) is 1.37. The molecule has 15 heavy (non-hydrogen) atoms. The fourth-order valence-electron chi connectivity index (χ4n) is 1.37. The highest BCUT2D eigenvalue weighted by atomic mass is 16.5. The zero-order valence-electron chi connectivity index (χ0n) is 9.92. The first-order valence-electron chi connectivity index (χ1n) is 5.67. The molecular formula is C13H21NO. The van der Waals surface area contributed by atoms with Crippen molar-refractivity contribution in [2.45, 2.75) is 33.2 Å². The zero-order valence-corrected chi connectivity index (χ0v) is 9.92. The van der Waals surface area contributed by atoms with Crippen molar-refractivity contribution >= 4 is 0 Å². The molecule has 0 spiro atoms. The third-order valence-electron chi connectivity index (χ3n) is 2.23. The lowest BCUT2D eigenvalue weighted by Crippen LogP contribution is -2.27. The molecule has 84 valence electrons. The lowest BCUT2D eigenvalue weighted by atomic mass is 10.2. The smallest absolute Gasteiger partial charge is 0.119 e. The molecule has 0 saturated carbocycles. The molecule has 0 atom stereocenters. The molecular weight excluding hydrogens is 186 g/mol. The standard InChI is InChI=1S/C13H21NO/c1-4-12-6-5-7-13(10-12)15-9-8-14-11(2)3/h5-7,10-11,14H,4,8-9H2,1-3H3. The molecule has 1 N–H and O–H groups in total. The van der Waals surface area contributed by atoms with Gasteiger partial charge in [-0.1, -0.05) is 32.9 Å². The van der Waals surface area contributed by atoms with Gasteiger partial charge >= 0.3 is 0 Å². The summed E-state index contributed by atoms with van der Waals surface area (Å²) in [4.78, 5) is 0. The van der Waals surface area contributed by atoms with Gasteiger partial charge in [0.05, 0.1) is 0 Å². The Balaban J connectivity index is 2.30. The van der Waals surface area contributed by atoms with E-state index < -0.39 is 0 Å². The summed E-state index contributed by atoms with van der Waals surface area (Å²) in [5.41, 5.74) is 1.32. The van der Waals surface area contributed by atoms with E-state index in [9.17, 15) is 0 Å². The lowest BCUT2D eigenvalue weighted by molar-refractivity contribution is 0.308. The summed E-state index contributed by atoms with van der Waals surface area (Å²) in [7, 11) is 0. The summed E-state index contributed by atoms with van der Waals surface area (Å²) < 4.78 is 5.64. The molecule has 0 heterocycles. The van der Waals surface area contributed by atoms with Crippen molar-refractivity contribution in [2.24, 2.45) is 0 Å². The van der Waals surface area contributed by atoms with Crippen LogP contribution in [0.3, 0.4) is 0 Å². The molecule has 0 aliphatic heterocycles. The fraction of sp³-hybridized carbons (Fsp3) is 0.538. The predicted octanol–water partition coefficient (Wildman–Crippen LogP) is 2.63. The first-order chi connectivity index (χ1) is 7.22. The van der Waals surface area contributed by atoms with Crippen molar-refractivity contribution in [2.75, 3.05) is 13.2 Å². The topological polar surface area (TPSA) is 21.3 Å². The van der Waals surface area contributed by atoms with Gasteiger partial charge in [-0.25, -0.2) is 0 Å². The van der Waals surface area contributed by atoms with E-state index in [2.05, 4.69) is 38.2 Å². The van der Waals surface area contributed by atoms with Crippen LogP contribution in [0.5, 0.6) is 5.75 Å². The molecule has 0 radical (unpaired) electrons. The Kier molecular flexibility index (Phi) is 5.19. The number of rotatable bonds is 6. The van der Waals surface area contributed by atoms with Crippen molar-refractivity contribution in [1.29, 1.82) is 0 Å². The Morgan fingerprint density at radius 1 is 1.33 bits per heavy atom. The minimum absolute atomic E-state index is 0.524. The lowest BCUT2D eigenvalue weighted by Gasteiger charge is -2.10. The van der Waals surface area contributed by atoms with Crippen LogP contribution < -0.4 is 10.1 Å². The van der Waals surface area contributed by atoms with Gasteiger partial charge < -0.3 is 10.1 Å². The van der Waals surface area contributed by atoms with Crippen LogP contribution in [0.25, 0.3) is 0 Å². The number of aryl methyl sites for hydroxylation is 1. The minimum Gasteiger partial charge on any atom is -0.492 e. The van der Waals surface area contributed by atoms with E-state index in [4.69, 9.17) is 4.74 Å². The third kappa shape index (κ3) is 4.84. The molecule has 0 unspecified atom stereocenters. The Labute approximate surface area is 92.6 Å². The van der Waals surface area contributed by atoms with E-state index in [1.807, 2.05) is 12.1 Å².